The van der Waals surface area contributed by atoms with Crippen molar-refractivity contribution in [2.45, 2.75) is 57.1 Å². The first-order valence-corrected chi connectivity index (χ1v) is 7.29. The summed E-state index contributed by atoms with van der Waals surface area (Å²) in [5.74, 6) is 0.980. The highest BCUT2D eigenvalue weighted by Gasteiger charge is 2.59. The lowest BCUT2D eigenvalue weighted by Crippen LogP contribution is -2.41. The fraction of sp³-hybridized carbons (Fsp3) is 0.600. The summed E-state index contributed by atoms with van der Waals surface area (Å²) in [7, 11) is -0.0889. The largest absolute Gasteiger partial charge is 0.461 e. The highest BCUT2D eigenvalue weighted by molar-refractivity contribution is 6.49. The van der Waals surface area contributed by atoms with Crippen molar-refractivity contribution < 1.29 is 9.31 Å². The zero-order valence-corrected chi connectivity index (χ0v) is 12.7. The Bertz CT molecular complexity index is 485. The summed E-state index contributed by atoms with van der Waals surface area (Å²) in [5, 5.41) is 0.803. The Balaban J connectivity index is 1.72. The van der Waals surface area contributed by atoms with Crippen LogP contribution in [0.4, 0.5) is 0 Å². The molecule has 4 heteroatoms. The van der Waals surface area contributed by atoms with Crippen LogP contribution in [-0.2, 0) is 9.31 Å². The van der Waals surface area contributed by atoms with Crippen molar-refractivity contribution >= 4 is 18.7 Å². The molecule has 1 aromatic carbocycles. The lowest BCUT2D eigenvalue weighted by atomic mass is 9.79. The van der Waals surface area contributed by atoms with Gasteiger partial charge in [-0.25, -0.2) is 0 Å². The van der Waals surface area contributed by atoms with Crippen LogP contribution < -0.4 is 0 Å². The normalized spacial score (nSPS) is 31.5. The van der Waals surface area contributed by atoms with Crippen molar-refractivity contribution in [3.05, 3.63) is 34.9 Å². The van der Waals surface area contributed by atoms with Gasteiger partial charge in [0.1, 0.15) is 0 Å². The average Bonchev–Trinajstić information content (AvgIpc) is 3.03. The molecule has 1 saturated carbocycles. The molecule has 0 unspecified atom stereocenters. The van der Waals surface area contributed by atoms with Crippen molar-refractivity contribution in [2.24, 2.45) is 0 Å². The molecule has 102 valence electrons. The van der Waals surface area contributed by atoms with Gasteiger partial charge in [-0.3, -0.25) is 0 Å². The third-order valence-electron chi connectivity index (χ3n) is 4.74. The summed E-state index contributed by atoms with van der Waals surface area (Å²) in [6.07, 6.45) is 1.12. The summed E-state index contributed by atoms with van der Waals surface area (Å²) >= 11 is 6.05. The third-order valence-corrected chi connectivity index (χ3v) is 4.97. The van der Waals surface area contributed by atoms with E-state index >= 15 is 0 Å². The molecule has 0 N–H and O–H groups in total. The Morgan fingerprint density at radius 1 is 1.16 bits per heavy atom. The highest BCUT2D eigenvalue weighted by atomic mass is 35.5. The van der Waals surface area contributed by atoms with Crippen LogP contribution in [-0.4, -0.2) is 18.3 Å². The van der Waals surface area contributed by atoms with E-state index in [1.54, 1.807) is 0 Å². The Hall–Kier alpha value is -0.505. The summed E-state index contributed by atoms with van der Waals surface area (Å²) < 4.78 is 12.2. The monoisotopic (exact) mass is 278 g/mol. The fourth-order valence-corrected chi connectivity index (χ4v) is 2.90. The van der Waals surface area contributed by atoms with Crippen LogP contribution in [0.25, 0.3) is 0 Å². The van der Waals surface area contributed by atoms with Gasteiger partial charge in [-0.15, -0.1) is 0 Å². The molecule has 19 heavy (non-hydrogen) atoms. The van der Waals surface area contributed by atoms with E-state index < -0.39 is 0 Å². The van der Waals surface area contributed by atoms with Gasteiger partial charge in [-0.2, -0.15) is 0 Å². The number of hydrogen-bond acceptors (Lipinski definition) is 2. The van der Waals surface area contributed by atoms with E-state index in [-0.39, 0.29) is 18.3 Å². The molecule has 2 aliphatic rings. The topological polar surface area (TPSA) is 18.5 Å². The van der Waals surface area contributed by atoms with Gasteiger partial charge in [0.25, 0.3) is 0 Å². The molecule has 2 fully saturated rings. The Morgan fingerprint density at radius 2 is 1.79 bits per heavy atom. The standard InChI is InChI=1S/C15H20BClO2/c1-14(2)15(3,4)19-16(18-14)13-9-12(13)10-6-5-7-11(17)8-10/h5-8,12-13H,9H2,1-4H3/t12-,13+/m0/s1. The fourth-order valence-electron chi connectivity index (χ4n) is 2.70. The first-order valence-electron chi connectivity index (χ1n) is 6.91. The lowest BCUT2D eigenvalue weighted by molar-refractivity contribution is 0.00578. The van der Waals surface area contributed by atoms with Crippen LogP contribution in [0, 0.1) is 0 Å². The zero-order valence-electron chi connectivity index (χ0n) is 11.9. The second kappa shape index (κ2) is 4.24. The zero-order chi connectivity index (χ0) is 13.8. The van der Waals surface area contributed by atoms with Gasteiger partial charge < -0.3 is 9.31 Å². The first-order chi connectivity index (χ1) is 8.80. The van der Waals surface area contributed by atoms with E-state index in [1.807, 2.05) is 12.1 Å². The van der Waals surface area contributed by atoms with Crippen molar-refractivity contribution in [1.29, 1.82) is 0 Å². The van der Waals surface area contributed by atoms with Crippen molar-refractivity contribution in [3.63, 3.8) is 0 Å². The second-order valence-electron chi connectivity index (χ2n) is 6.69. The van der Waals surface area contributed by atoms with Crippen LogP contribution in [0.5, 0.6) is 0 Å². The number of rotatable bonds is 2. The lowest BCUT2D eigenvalue weighted by Gasteiger charge is -2.32. The molecule has 3 rings (SSSR count). The molecule has 0 aromatic heterocycles. The van der Waals surface area contributed by atoms with Crippen LogP contribution in [0.3, 0.4) is 0 Å². The molecule has 1 heterocycles. The molecule has 0 bridgehead atoms. The Kier molecular flexibility index (Phi) is 3.01. The predicted molar refractivity (Wildman–Crippen MR) is 78.6 cm³/mol. The van der Waals surface area contributed by atoms with Crippen LogP contribution in [0.2, 0.25) is 10.8 Å². The van der Waals surface area contributed by atoms with E-state index in [2.05, 4.69) is 39.8 Å². The van der Waals surface area contributed by atoms with Gasteiger partial charge in [-0.05, 0) is 57.7 Å². The van der Waals surface area contributed by atoms with Crippen LogP contribution >= 0.6 is 11.6 Å². The maximum atomic E-state index is 6.11. The second-order valence-corrected chi connectivity index (χ2v) is 7.12. The molecule has 1 aliphatic heterocycles. The van der Waals surface area contributed by atoms with Gasteiger partial charge in [0.15, 0.2) is 0 Å². The van der Waals surface area contributed by atoms with Crippen molar-refractivity contribution in [3.8, 4) is 0 Å². The quantitative estimate of drug-likeness (QED) is 0.751. The molecule has 2 atom stereocenters. The summed E-state index contributed by atoms with van der Waals surface area (Å²) in [5.41, 5.74) is 0.824. The minimum atomic E-state index is -0.237. The van der Waals surface area contributed by atoms with E-state index in [0.29, 0.717) is 11.7 Å². The smallest absolute Gasteiger partial charge is 0.403 e. The van der Waals surface area contributed by atoms with E-state index in [4.69, 9.17) is 20.9 Å². The maximum Gasteiger partial charge on any atom is 0.461 e. The van der Waals surface area contributed by atoms with Gasteiger partial charge in [-0.1, -0.05) is 23.7 Å². The molecular weight excluding hydrogens is 258 g/mol. The van der Waals surface area contributed by atoms with Crippen LogP contribution in [0.1, 0.15) is 45.6 Å². The van der Waals surface area contributed by atoms with Gasteiger partial charge in [0.2, 0.25) is 0 Å². The average molecular weight is 279 g/mol. The van der Waals surface area contributed by atoms with E-state index in [0.717, 1.165) is 11.4 Å². The van der Waals surface area contributed by atoms with Crippen molar-refractivity contribution in [2.75, 3.05) is 0 Å². The molecular formula is C15H20BClO2. The molecule has 0 radical (unpaired) electrons. The van der Waals surface area contributed by atoms with Crippen molar-refractivity contribution in [1.82, 2.24) is 0 Å². The molecule has 0 spiro atoms. The summed E-state index contributed by atoms with van der Waals surface area (Å²) in [6, 6.07) is 8.12. The van der Waals surface area contributed by atoms with Gasteiger partial charge in [0, 0.05) is 10.8 Å². The number of benzene rings is 1. The molecule has 1 aliphatic carbocycles. The van der Waals surface area contributed by atoms with Gasteiger partial charge >= 0.3 is 7.12 Å². The molecule has 0 amide bonds. The first kappa shape index (κ1) is 13.5. The van der Waals surface area contributed by atoms with Crippen LogP contribution in [0.15, 0.2) is 24.3 Å². The molecule has 1 saturated heterocycles. The molecule has 2 nitrogen and oxygen atoms in total. The maximum absolute atomic E-state index is 6.11. The number of halogens is 1. The van der Waals surface area contributed by atoms with E-state index in [9.17, 15) is 0 Å². The third kappa shape index (κ3) is 2.33. The Labute approximate surface area is 120 Å². The predicted octanol–water partition coefficient (Wildman–Crippen LogP) is 4.29. The number of hydrogen-bond donors (Lipinski definition) is 0. The Morgan fingerprint density at radius 3 is 2.37 bits per heavy atom. The van der Waals surface area contributed by atoms with E-state index in [1.165, 1.54) is 5.56 Å². The minimum absolute atomic E-state index is 0.0889. The minimum Gasteiger partial charge on any atom is -0.403 e. The summed E-state index contributed by atoms with van der Waals surface area (Å²) in [6.45, 7) is 8.40. The SMILES string of the molecule is CC1(C)OB([C@@H]2C[C@H]2c2cccc(Cl)c2)OC1(C)C. The summed E-state index contributed by atoms with van der Waals surface area (Å²) in [4.78, 5) is 0. The van der Waals surface area contributed by atoms with Gasteiger partial charge in [0.05, 0.1) is 11.2 Å². The highest BCUT2D eigenvalue weighted by Crippen LogP contribution is 2.58. The molecule has 1 aromatic rings.